The van der Waals surface area contributed by atoms with Gasteiger partial charge < -0.3 is 14.6 Å². The number of aliphatic hydroxyl groups excluding tert-OH is 1. The van der Waals surface area contributed by atoms with Crippen LogP contribution in [0, 0.1) is 0 Å². The maximum Gasteiger partial charge on any atom is 0.122 e. The minimum Gasteiger partial charge on any atom is -0.496 e. The van der Waals surface area contributed by atoms with Crippen LogP contribution in [-0.2, 0) is 10.2 Å². The number of benzene rings is 1. The lowest BCUT2D eigenvalue weighted by atomic mass is 9.79. The van der Waals surface area contributed by atoms with Gasteiger partial charge in [-0.2, -0.15) is 0 Å². The van der Waals surface area contributed by atoms with E-state index in [4.69, 9.17) is 21.1 Å². The number of hydrogen-bond acceptors (Lipinski definition) is 3. The van der Waals surface area contributed by atoms with Crippen LogP contribution in [0.1, 0.15) is 5.56 Å². The van der Waals surface area contributed by atoms with Gasteiger partial charge in [-0.15, -0.1) is 0 Å². The lowest BCUT2D eigenvalue weighted by Crippen LogP contribution is -2.49. The van der Waals surface area contributed by atoms with Crippen LogP contribution in [0.25, 0.3) is 0 Å². The lowest BCUT2D eigenvalue weighted by Gasteiger charge is -2.41. The van der Waals surface area contributed by atoms with E-state index in [0.717, 1.165) is 11.3 Å². The molecule has 1 aliphatic heterocycles. The molecule has 0 radical (unpaired) electrons. The zero-order valence-electron chi connectivity index (χ0n) is 8.50. The third-order valence-electron chi connectivity index (χ3n) is 2.79. The monoisotopic (exact) mass is 228 g/mol. The lowest BCUT2D eigenvalue weighted by molar-refractivity contribution is -0.0849. The molecule has 0 saturated carbocycles. The quantitative estimate of drug-likeness (QED) is 0.854. The Morgan fingerprint density at radius 1 is 1.53 bits per heavy atom. The topological polar surface area (TPSA) is 38.7 Å². The van der Waals surface area contributed by atoms with Gasteiger partial charge in [0, 0.05) is 10.6 Å². The van der Waals surface area contributed by atoms with E-state index < -0.39 is 0 Å². The van der Waals surface area contributed by atoms with Crippen molar-refractivity contribution in [3.05, 3.63) is 28.8 Å². The molecule has 1 saturated heterocycles. The average molecular weight is 229 g/mol. The standard InChI is InChI=1S/C11H13ClO3/c1-14-10-3-2-8(12)4-9(10)11(5-13)6-15-7-11/h2-4,13H,5-7H2,1H3. The third-order valence-corrected chi connectivity index (χ3v) is 3.03. The van der Waals surface area contributed by atoms with Crippen molar-refractivity contribution < 1.29 is 14.6 Å². The van der Waals surface area contributed by atoms with Crippen molar-refractivity contribution in [3.63, 3.8) is 0 Å². The van der Waals surface area contributed by atoms with Crippen LogP contribution in [0.4, 0.5) is 0 Å². The molecule has 1 aromatic rings. The number of rotatable bonds is 3. The van der Waals surface area contributed by atoms with Crippen molar-refractivity contribution in [2.24, 2.45) is 0 Å². The van der Waals surface area contributed by atoms with Crippen molar-refractivity contribution in [1.82, 2.24) is 0 Å². The summed E-state index contributed by atoms with van der Waals surface area (Å²) in [5.74, 6) is 0.747. The molecular weight excluding hydrogens is 216 g/mol. The Morgan fingerprint density at radius 3 is 2.73 bits per heavy atom. The second-order valence-corrected chi connectivity index (χ2v) is 4.21. The molecule has 1 aliphatic rings. The van der Waals surface area contributed by atoms with Crippen LogP contribution in [0.5, 0.6) is 5.75 Å². The molecule has 0 spiro atoms. The van der Waals surface area contributed by atoms with Gasteiger partial charge in [0.25, 0.3) is 0 Å². The highest BCUT2D eigenvalue weighted by Gasteiger charge is 2.42. The maximum absolute atomic E-state index is 9.42. The van der Waals surface area contributed by atoms with Gasteiger partial charge in [-0.1, -0.05) is 11.6 Å². The van der Waals surface area contributed by atoms with Crippen molar-refractivity contribution in [1.29, 1.82) is 0 Å². The van der Waals surface area contributed by atoms with Crippen LogP contribution >= 0.6 is 11.6 Å². The Bertz CT molecular complexity index is 355. The molecular formula is C11H13ClO3. The van der Waals surface area contributed by atoms with E-state index in [-0.39, 0.29) is 12.0 Å². The number of ether oxygens (including phenoxy) is 2. The van der Waals surface area contributed by atoms with Crippen molar-refractivity contribution >= 4 is 11.6 Å². The first kappa shape index (κ1) is 10.7. The normalized spacial score (nSPS) is 18.3. The Kier molecular flexibility index (Phi) is 2.87. The third kappa shape index (κ3) is 1.71. The molecule has 82 valence electrons. The van der Waals surface area contributed by atoms with Crippen molar-refractivity contribution in [2.75, 3.05) is 26.9 Å². The van der Waals surface area contributed by atoms with Gasteiger partial charge in [-0.25, -0.2) is 0 Å². The summed E-state index contributed by atoms with van der Waals surface area (Å²) >= 11 is 5.94. The molecule has 0 aromatic heterocycles. The van der Waals surface area contributed by atoms with E-state index in [1.165, 1.54) is 0 Å². The number of aliphatic hydroxyl groups is 1. The molecule has 1 aromatic carbocycles. The van der Waals surface area contributed by atoms with Gasteiger partial charge in [0.2, 0.25) is 0 Å². The van der Waals surface area contributed by atoms with Gasteiger partial charge >= 0.3 is 0 Å². The molecule has 0 bridgehead atoms. The molecule has 0 unspecified atom stereocenters. The van der Waals surface area contributed by atoms with E-state index in [2.05, 4.69) is 0 Å². The summed E-state index contributed by atoms with van der Waals surface area (Å²) in [5.41, 5.74) is 0.585. The molecule has 3 nitrogen and oxygen atoms in total. The summed E-state index contributed by atoms with van der Waals surface area (Å²) in [5, 5.41) is 10.1. The van der Waals surface area contributed by atoms with E-state index in [1.807, 2.05) is 12.1 Å². The van der Waals surface area contributed by atoms with Gasteiger partial charge in [-0.05, 0) is 18.2 Å². The number of methoxy groups -OCH3 is 1. The summed E-state index contributed by atoms with van der Waals surface area (Å²) in [6.07, 6.45) is 0. The molecule has 0 amide bonds. The maximum atomic E-state index is 9.42. The summed E-state index contributed by atoms with van der Waals surface area (Å²) in [4.78, 5) is 0. The molecule has 0 aliphatic carbocycles. The zero-order chi connectivity index (χ0) is 10.9. The van der Waals surface area contributed by atoms with E-state index in [1.54, 1.807) is 13.2 Å². The van der Waals surface area contributed by atoms with Crippen LogP contribution in [0.2, 0.25) is 5.02 Å². The van der Waals surface area contributed by atoms with E-state index in [0.29, 0.717) is 18.2 Å². The minimum absolute atomic E-state index is 0.0453. The molecule has 1 fully saturated rings. The van der Waals surface area contributed by atoms with Crippen molar-refractivity contribution in [3.8, 4) is 5.75 Å². The first-order valence-corrected chi connectivity index (χ1v) is 5.12. The average Bonchev–Trinajstić information content (AvgIpc) is 2.17. The predicted molar refractivity (Wildman–Crippen MR) is 57.6 cm³/mol. The summed E-state index contributed by atoms with van der Waals surface area (Å²) in [6, 6.07) is 5.42. The summed E-state index contributed by atoms with van der Waals surface area (Å²) < 4.78 is 10.4. The van der Waals surface area contributed by atoms with Crippen LogP contribution < -0.4 is 4.74 Å². The SMILES string of the molecule is COc1ccc(Cl)cc1C1(CO)COC1. The van der Waals surface area contributed by atoms with E-state index in [9.17, 15) is 5.11 Å². The van der Waals surface area contributed by atoms with Gasteiger partial charge in [0.05, 0.1) is 32.3 Å². The molecule has 0 atom stereocenters. The highest BCUT2D eigenvalue weighted by Crippen LogP contribution is 2.38. The number of halogens is 1. The van der Waals surface area contributed by atoms with Crippen molar-refractivity contribution in [2.45, 2.75) is 5.41 Å². The molecule has 2 rings (SSSR count). The molecule has 15 heavy (non-hydrogen) atoms. The zero-order valence-corrected chi connectivity index (χ0v) is 9.25. The smallest absolute Gasteiger partial charge is 0.122 e. The van der Waals surface area contributed by atoms with Gasteiger partial charge in [-0.3, -0.25) is 0 Å². The van der Waals surface area contributed by atoms with Gasteiger partial charge in [0.1, 0.15) is 5.75 Å². The Morgan fingerprint density at radius 2 is 2.27 bits per heavy atom. The predicted octanol–water partition coefficient (Wildman–Crippen LogP) is 1.61. The molecule has 1 heterocycles. The Balaban J connectivity index is 2.44. The summed E-state index contributed by atoms with van der Waals surface area (Å²) in [6.45, 7) is 1.07. The highest BCUT2D eigenvalue weighted by molar-refractivity contribution is 6.30. The van der Waals surface area contributed by atoms with Crippen LogP contribution in [-0.4, -0.2) is 32.0 Å². The van der Waals surface area contributed by atoms with Crippen LogP contribution in [0.3, 0.4) is 0 Å². The second kappa shape index (κ2) is 4.00. The van der Waals surface area contributed by atoms with Gasteiger partial charge in [0.15, 0.2) is 0 Å². The first-order chi connectivity index (χ1) is 7.22. The number of hydrogen-bond donors (Lipinski definition) is 1. The fraction of sp³-hybridized carbons (Fsp3) is 0.455. The second-order valence-electron chi connectivity index (χ2n) is 3.78. The summed E-state index contributed by atoms with van der Waals surface area (Å²) in [7, 11) is 1.61. The fourth-order valence-electron chi connectivity index (χ4n) is 1.78. The molecule has 4 heteroatoms. The van der Waals surface area contributed by atoms with E-state index >= 15 is 0 Å². The first-order valence-electron chi connectivity index (χ1n) is 4.74. The fourth-order valence-corrected chi connectivity index (χ4v) is 1.95. The minimum atomic E-state index is -0.337. The Hall–Kier alpha value is -0.770. The Labute approximate surface area is 93.6 Å². The largest absolute Gasteiger partial charge is 0.496 e. The molecule has 1 N–H and O–H groups in total. The highest BCUT2D eigenvalue weighted by atomic mass is 35.5. The van der Waals surface area contributed by atoms with Crippen LogP contribution in [0.15, 0.2) is 18.2 Å².